The molecule has 0 spiro atoms. The van der Waals surface area contributed by atoms with E-state index in [-0.39, 0.29) is 11.6 Å². The zero-order valence-corrected chi connectivity index (χ0v) is 10.9. The van der Waals surface area contributed by atoms with Crippen molar-refractivity contribution in [2.75, 3.05) is 0 Å². The predicted octanol–water partition coefficient (Wildman–Crippen LogP) is 3.78. The minimum absolute atomic E-state index is 0.0243. The molecule has 1 aromatic heterocycles. The smallest absolute Gasteiger partial charge is 0.152 e. The number of furan rings is 1. The van der Waals surface area contributed by atoms with Gasteiger partial charge >= 0.3 is 0 Å². The average Bonchev–Trinajstić information content (AvgIpc) is 2.94. The van der Waals surface area contributed by atoms with Crippen LogP contribution in [0.2, 0.25) is 0 Å². The summed E-state index contributed by atoms with van der Waals surface area (Å²) in [6.07, 6.45) is 1.71. The van der Waals surface area contributed by atoms with Crippen LogP contribution in [0, 0.1) is 0 Å². The Morgan fingerprint density at radius 1 is 1.06 bits per heavy atom. The van der Waals surface area contributed by atoms with Crippen molar-refractivity contribution in [3.8, 4) is 5.75 Å². The molecule has 0 saturated carbocycles. The Morgan fingerprint density at radius 2 is 1.83 bits per heavy atom. The summed E-state index contributed by atoms with van der Waals surface area (Å²) >= 11 is 0. The largest absolute Gasteiger partial charge is 0.467 e. The lowest BCUT2D eigenvalue weighted by Crippen LogP contribution is -2.43. The Labute approximate surface area is 107 Å². The van der Waals surface area contributed by atoms with E-state index >= 15 is 0 Å². The van der Waals surface area contributed by atoms with Gasteiger partial charge in [0.1, 0.15) is 11.8 Å². The van der Waals surface area contributed by atoms with Gasteiger partial charge in [-0.2, -0.15) is 0 Å². The summed E-state index contributed by atoms with van der Waals surface area (Å²) in [5.41, 5.74) is 1.05. The first-order valence-corrected chi connectivity index (χ1v) is 6.17. The Bertz CT molecular complexity index is 540. The van der Waals surface area contributed by atoms with Gasteiger partial charge in [-0.1, -0.05) is 18.2 Å². The fourth-order valence-corrected chi connectivity index (χ4v) is 2.31. The quantitative estimate of drug-likeness (QED) is 0.762. The van der Waals surface area contributed by atoms with Crippen molar-refractivity contribution in [3.05, 3.63) is 54.0 Å². The molecule has 0 aliphatic carbocycles. The highest BCUT2D eigenvalue weighted by atomic mass is 16.7. The van der Waals surface area contributed by atoms with Crippen LogP contribution in [0.25, 0.3) is 0 Å². The summed E-state index contributed by atoms with van der Waals surface area (Å²) < 4.78 is 5.58. The summed E-state index contributed by atoms with van der Waals surface area (Å²) in [4.78, 5) is 5.98. The highest BCUT2D eigenvalue weighted by molar-refractivity contribution is 5.42. The van der Waals surface area contributed by atoms with Crippen molar-refractivity contribution in [2.45, 2.75) is 32.4 Å². The first kappa shape index (κ1) is 11.4. The summed E-state index contributed by atoms with van der Waals surface area (Å²) in [7, 11) is 0. The van der Waals surface area contributed by atoms with Crippen LogP contribution in [0.15, 0.2) is 47.1 Å². The minimum atomic E-state index is -0.101. The van der Waals surface area contributed by atoms with E-state index in [4.69, 9.17) is 9.25 Å². The molecule has 1 aliphatic heterocycles. The van der Waals surface area contributed by atoms with Gasteiger partial charge in [-0.15, -0.1) is 5.06 Å². The van der Waals surface area contributed by atoms with E-state index in [1.54, 1.807) is 6.26 Å². The lowest BCUT2D eigenvalue weighted by atomic mass is 10.00. The van der Waals surface area contributed by atoms with Crippen molar-refractivity contribution in [1.82, 2.24) is 5.06 Å². The molecule has 1 atom stereocenters. The van der Waals surface area contributed by atoms with Crippen LogP contribution in [0.1, 0.15) is 38.1 Å². The molecule has 0 N–H and O–H groups in total. The molecule has 2 aromatic rings. The van der Waals surface area contributed by atoms with Gasteiger partial charge < -0.3 is 9.25 Å². The topological polar surface area (TPSA) is 25.6 Å². The van der Waals surface area contributed by atoms with E-state index in [1.807, 2.05) is 35.4 Å². The summed E-state index contributed by atoms with van der Waals surface area (Å²) in [5, 5.41) is 2.00. The van der Waals surface area contributed by atoms with Gasteiger partial charge in [-0.3, -0.25) is 0 Å². The number of fused-ring (bicyclic) bond motifs is 1. The van der Waals surface area contributed by atoms with Gasteiger partial charge in [-0.05, 0) is 39.0 Å². The maximum Gasteiger partial charge on any atom is 0.152 e. The molecule has 3 heteroatoms. The molecular formula is C15H17NO2. The van der Waals surface area contributed by atoms with Crippen LogP contribution in [-0.4, -0.2) is 10.6 Å². The molecule has 3 rings (SSSR count). The number of nitrogens with zero attached hydrogens (tertiary/aromatic N) is 1. The minimum Gasteiger partial charge on any atom is -0.467 e. The van der Waals surface area contributed by atoms with Gasteiger partial charge in [0, 0.05) is 11.1 Å². The van der Waals surface area contributed by atoms with Gasteiger partial charge in [0.15, 0.2) is 5.75 Å². The van der Waals surface area contributed by atoms with Crippen LogP contribution in [0.3, 0.4) is 0 Å². The van der Waals surface area contributed by atoms with Gasteiger partial charge in [0.2, 0.25) is 0 Å². The Balaban J connectivity index is 2.10. The molecule has 0 amide bonds. The lowest BCUT2D eigenvalue weighted by molar-refractivity contribution is -0.132. The Morgan fingerprint density at radius 3 is 2.50 bits per heavy atom. The van der Waals surface area contributed by atoms with Crippen LogP contribution >= 0.6 is 0 Å². The molecule has 2 heterocycles. The third-order valence-corrected chi connectivity index (χ3v) is 3.12. The monoisotopic (exact) mass is 243 g/mol. The molecule has 18 heavy (non-hydrogen) atoms. The SMILES string of the molecule is CC(C)(C)N1Oc2ccccc2C1c1ccco1. The van der Waals surface area contributed by atoms with Crippen LogP contribution < -0.4 is 4.84 Å². The molecule has 3 nitrogen and oxygen atoms in total. The Kier molecular flexibility index (Phi) is 2.45. The molecule has 1 unspecified atom stereocenters. The maximum atomic E-state index is 5.98. The van der Waals surface area contributed by atoms with Crippen LogP contribution in [-0.2, 0) is 0 Å². The second-order valence-corrected chi connectivity index (χ2v) is 5.54. The second kappa shape index (κ2) is 3.89. The van der Waals surface area contributed by atoms with Crippen molar-refractivity contribution >= 4 is 0 Å². The average molecular weight is 243 g/mol. The summed E-state index contributed by atoms with van der Waals surface area (Å²) in [6, 6.07) is 12.0. The maximum absolute atomic E-state index is 5.98. The first-order valence-electron chi connectivity index (χ1n) is 6.17. The van der Waals surface area contributed by atoms with E-state index in [0.717, 1.165) is 17.1 Å². The van der Waals surface area contributed by atoms with Crippen molar-refractivity contribution in [1.29, 1.82) is 0 Å². The number of hydrogen-bond donors (Lipinski definition) is 0. The van der Waals surface area contributed by atoms with E-state index < -0.39 is 0 Å². The van der Waals surface area contributed by atoms with Gasteiger partial charge in [-0.25, -0.2) is 0 Å². The molecule has 0 bridgehead atoms. The molecule has 1 aliphatic rings. The van der Waals surface area contributed by atoms with E-state index in [2.05, 4.69) is 26.8 Å². The fourth-order valence-electron chi connectivity index (χ4n) is 2.31. The molecular weight excluding hydrogens is 226 g/mol. The first-order chi connectivity index (χ1) is 8.57. The highest BCUT2D eigenvalue weighted by Crippen LogP contribution is 2.44. The molecule has 0 radical (unpaired) electrons. The van der Waals surface area contributed by atoms with E-state index in [9.17, 15) is 0 Å². The number of rotatable bonds is 1. The lowest BCUT2D eigenvalue weighted by Gasteiger charge is -2.33. The summed E-state index contributed by atoms with van der Waals surface area (Å²) in [5.74, 6) is 1.82. The number of para-hydroxylation sites is 1. The molecule has 0 fully saturated rings. The van der Waals surface area contributed by atoms with Gasteiger partial charge in [0.25, 0.3) is 0 Å². The third kappa shape index (κ3) is 1.71. The highest BCUT2D eigenvalue weighted by Gasteiger charge is 2.41. The number of benzene rings is 1. The third-order valence-electron chi connectivity index (χ3n) is 3.12. The molecule has 0 saturated heterocycles. The zero-order chi connectivity index (χ0) is 12.8. The molecule has 1 aromatic carbocycles. The fraction of sp³-hybridized carbons (Fsp3) is 0.333. The van der Waals surface area contributed by atoms with Crippen LogP contribution in [0.4, 0.5) is 0 Å². The second-order valence-electron chi connectivity index (χ2n) is 5.54. The number of hydrogen-bond acceptors (Lipinski definition) is 3. The standard InChI is InChI=1S/C15H17NO2/c1-15(2,3)16-14(13-9-6-10-17-13)11-7-4-5-8-12(11)18-16/h4-10,14H,1-3H3. The van der Waals surface area contributed by atoms with Gasteiger partial charge in [0.05, 0.1) is 6.26 Å². The number of hydroxylamine groups is 2. The van der Waals surface area contributed by atoms with Crippen molar-refractivity contribution in [3.63, 3.8) is 0 Å². The normalized spacial score (nSPS) is 19.6. The Hall–Kier alpha value is -1.74. The van der Waals surface area contributed by atoms with Crippen molar-refractivity contribution < 1.29 is 9.25 Å². The van der Waals surface area contributed by atoms with E-state index in [1.165, 1.54) is 0 Å². The zero-order valence-electron chi connectivity index (χ0n) is 10.9. The predicted molar refractivity (Wildman–Crippen MR) is 69.2 cm³/mol. The summed E-state index contributed by atoms with van der Waals surface area (Å²) in [6.45, 7) is 6.40. The van der Waals surface area contributed by atoms with Crippen molar-refractivity contribution in [2.24, 2.45) is 0 Å². The van der Waals surface area contributed by atoms with Crippen LogP contribution in [0.5, 0.6) is 5.75 Å². The molecule has 94 valence electrons. The van der Waals surface area contributed by atoms with E-state index in [0.29, 0.717) is 0 Å².